The van der Waals surface area contributed by atoms with Crippen LogP contribution < -0.4 is 5.73 Å². The number of aryl methyl sites for hydroxylation is 1. The quantitative estimate of drug-likeness (QED) is 0.635. The highest BCUT2D eigenvalue weighted by Gasteiger charge is 2.13. The van der Waals surface area contributed by atoms with Gasteiger partial charge in [0.1, 0.15) is 11.5 Å². The molecule has 5 heteroatoms. The van der Waals surface area contributed by atoms with Crippen molar-refractivity contribution in [1.29, 1.82) is 0 Å². The zero-order valence-corrected chi connectivity index (χ0v) is 8.21. The number of amides is 1. The van der Waals surface area contributed by atoms with Gasteiger partial charge in [0.2, 0.25) is 0 Å². The number of unbranched alkanes of at least 4 members (excludes halogenated alkanes) is 1. The Morgan fingerprint density at radius 2 is 2.36 bits per heavy atom. The van der Waals surface area contributed by atoms with Crippen LogP contribution in [0.4, 0.5) is 0 Å². The minimum absolute atomic E-state index is 0.221. The number of nitrogens with two attached hydrogens (primary N) is 1. The SMILES string of the molecule is CCCCc1nc(CO)c(C(N)=O)[nH]1. The normalized spacial score (nSPS) is 10.4. The molecule has 1 aromatic heterocycles. The number of nitrogens with zero attached hydrogens (tertiary/aromatic N) is 1. The van der Waals surface area contributed by atoms with Crippen LogP contribution in [0.15, 0.2) is 0 Å². The summed E-state index contributed by atoms with van der Waals surface area (Å²) in [6.07, 6.45) is 2.83. The van der Waals surface area contributed by atoms with Crippen LogP contribution in [0.25, 0.3) is 0 Å². The first-order chi connectivity index (χ1) is 6.69. The maximum atomic E-state index is 10.9. The van der Waals surface area contributed by atoms with Crippen LogP contribution in [0.2, 0.25) is 0 Å². The van der Waals surface area contributed by atoms with Gasteiger partial charge in [0.25, 0.3) is 5.91 Å². The minimum atomic E-state index is -0.579. The lowest BCUT2D eigenvalue weighted by Gasteiger charge is -1.92. The number of carbonyl (C=O) groups is 1. The lowest BCUT2D eigenvalue weighted by molar-refractivity contribution is 0.0992. The molecule has 1 aromatic rings. The summed E-state index contributed by atoms with van der Waals surface area (Å²) in [6, 6.07) is 0. The molecule has 0 atom stereocenters. The van der Waals surface area contributed by atoms with Crippen molar-refractivity contribution in [3.63, 3.8) is 0 Å². The summed E-state index contributed by atoms with van der Waals surface area (Å²) in [7, 11) is 0. The van der Waals surface area contributed by atoms with Crippen LogP contribution in [0, 0.1) is 0 Å². The molecular formula is C9H15N3O2. The van der Waals surface area contributed by atoms with Crippen molar-refractivity contribution in [2.45, 2.75) is 32.8 Å². The second kappa shape index (κ2) is 4.76. The molecule has 0 spiro atoms. The van der Waals surface area contributed by atoms with Gasteiger partial charge in [-0.15, -0.1) is 0 Å². The van der Waals surface area contributed by atoms with Crippen LogP contribution in [0.1, 0.15) is 41.8 Å². The Bertz CT molecular complexity index is 320. The van der Waals surface area contributed by atoms with E-state index in [4.69, 9.17) is 10.8 Å². The number of aliphatic hydroxyl groups excluding tert-OH is 1. The van der Waals surface area contributed by atoms with Gasteiger partial charge in [-0.1, -0.05) is 13.3 Å². The maximum Gasteiger partial charge on any atom is 0.267 e. The number of aromatic nitrogens is 2. The van der Waals surface area contributed by atoms with Crippen molar-refractivity contribution in [3.8, 4) is 0 Å². The third-order valence-electron chi connectivity index (χ3n) is 1.99. The van der Waals surface area contributed by atoms with Crippen LogP contribution in [0.3, 0.4) is 0 Å². The number of H-pyrrole nitrogens is 1. The molecule has 0 bridgehead atoms. The van der Waals surface area contributed by atoms with E-state index in [1.807, 2.05) is 0 Å². The zero-order valence-electron chi connectivity index (χ0n) is 8.21. The number of aliphatic hydroxyl groups is 1. The van der Waals surface area contributed by atoms with Crippen LogP contribution in [0.5, 0.6) is 0 Å². The summed E-state index contributed by atoms with van der Waals surface area (Å²) in [5.74, 6) is 0.133. The lowest BCUT2D eigenvalue weighted by atomic mass is 10.2. The summed E-state index contributed by atoms with van der Waals surface area (Å²) in [4.78, 5) is 17.8. The topological polar surface area (TPSA) is 92.0 Å². The van der Waals surface area contributed by atoms with Crippen molar-refractivity contribution < 1.29 is 9.90 Å². The number of imidazole rings is 1. The fourth-order valence-corrected chi connectivity index (χ4v) is 1.24. The molecule has 0 aromatic carbocycles. The number of nitrogens with one attached hydrogen (secondary N) is 1. The Morgan fingerprint density at radius 1 is 1.64 bits per heavy atom. The van der Waals surface area contributed by atoms with Gasteiger partial charge in [0.05, 0.1) is 12.3 Å². The molecule has 5 nitrogen and oxygen atoms in total. The van der Waals surface area contributed by atoms with E-state index in [9.17, 15) is 4.79 Å². The summed E-state index contributed by atoms with van der Waals surface area (Å²) in [5.41, 5.74) is 5.67. The first-order valence-corrected chi connectivity index (χ1v) is 4.67. The average Bonchev–Trinajstić information content (AvgIpc) is 2.57. The Balaban J connectivity index is 2.83. The molecule has 1 heterocycles. The molecule has 0 saturated carbocycles. The van der Waals surface area contributed by atoms with E-state index in [1.165, 1.54) is 0 Å². The molecule has 0 aliphatic rings. The second-order valence-corrected chi connectivity index (χ2v) is 3.13. The van der Waals surface area contributed by atoms with Crippen molar-refractivity contribution in [3.05, 3.63) is 17.2 Å². The molecule has 78 valence electrons. The predicted octanol–water partition coefficient (Wildman–Crippen LogP) is 0.344. The van der Waals surface area contributed by atoms with E-state index in [2.05, 4.69) is 16.9 Å². The first kappa shape index (κ1) is 10.7. The maximum absolute atomic E-state index is 10.9. The molecule has 1 rings (SSSR count). The van der Waals surface area contributed by atoms with Crippen molar-refractivity contribution in [2.24, 2.45) is 5.73 Å². The van der Waals surface area contributed by atoms with Gasteiger partial charge in [0, 0.05) is 6.42 Å². The molecule has 0 saturated heterocycles. The molecule has 0 fully saturated rings. The molecule has 0 radical (unpaired) electrons. The number of rotatable bonds is 5. The lowest BCUT2D eigenvalue weighted by Crippen LogP contribution is -2.13. The van der Waals surface area contributed by atoms with Crippen molar-refractivity contribution >= 4 is 5.91 Å². The fraction of sp³-hybridized carbons (Fsp3) is 0.556. The molecule has 4 N–H and O–H groups in total. The van der Waals surface area contributed by atoms with Gasteiger partial charge in [0.15, 0.2) is 0 Å². The van der Waals surface area contributed by atoms with E-state index >= 15 is 0 Å². The van der Waals surface area contributed by atoms with E-state index in [0.717, 1.165) is 19.3 Å². The molecule has 1 amide bonds. The number of carbonyl (C=O) groups excluding carboxylic acids is 1. The third-order valence-corrected chi connectivity index (χ3v) is 1.99. The van der Waals surface area contributed by atoms with E-state index in [-0.39, 0.29) is 12.3 Å². The van der Waals surface area contributed by atoms with Crippen LogP contribution >= 0.6 is 0 Å². The highest BCUT2D eigenvalue weighted by atomic mass is 16.3. The number of hydrogen-bond acceptors (Lipinski definition) is 3. The number of primary amides is 1. The van der Waals surface area contributed by atoms with E-state index in [0.29, 0.717) is 11.5 Å². The van der Waals surface area contributed by atoms with E-state index < -0.39 is 5.91 Å². The summed E-state index contributed by atoms with van der Waals surface area (Å²) >= 11 is 0. The fourth-order valence-electron chi connectivity index (χ4n) is 1.24. The predicted molar refractivity (Wildman–Crippen MR) is 51.6 cm³/mol. The molecular weight excluding hydrogens is 182 g/mol. The Morgan fingerprint density at radius 3 is 2.79 bits per heavy atom. The Hall–Kier alpha value is -1.36. The molecule has 14 heavy (non-hydrogen) atoms. The van der Waals surface area contributed by atoms with Crippen LogP contribution in [-0.2, 0) is 13.0 Å². The van der Waals surface area contributed by atoms with Crippen molar-refractivity contribution in [2.75, 3.05) is 0 Å². The Labute approximate surface area is 82.3 Å². The van der Waals surface area contributed by atoms with Gasteiger partial charge in [-0.25, -0.2) is 4.98 Å². The molecule has 0 unspecified atom stereocenters. The van der Waals surface area contributed by atoms with Gasteiger partial charge >= 0.3 is 0 Å². The molecule has 0 aliphatic heterocycles. The number of aromatic amines is 1. The first-order valence-electron chi connectivity index (χ1n) is 4.67. The highest BCUT2D eigenvalue weighted by molar-refractivity contribution is 5.91. The minimum Gasteiger partial charge on any atom is -0.390 e. The van der Waals surface area contributed by atoms with Crippen LogP contribution in [-0.4, -0.2) is 21.0 Å². The average molecular weight is 197 g/mol. The van der Waals surface area contributed by atoms with Gasteiger partial charge in [-0.05, 0) is 6.42 Å². The highest BCUT2D eigenvalue weighted by Crippen LogP contribution is 2.08. The van der Waals surface area contributed by atoms with Gasteiger partial charge < -0.3 is 15.8 Å². The van der Waals surface area contributed by atoms with Crippen molar-refractivity contribution in [1.82, 2.24) is 9.97 Å². The number of hydrogen-bond donors (Lipinski definition) is 3. The van der Waals surface area contributed by atoms with Gasteiger partial charge in [-0.3, -0.25) is 4.79 Å². The monoisotopic (exact) mass is 197 g/mol. The largest absolute Gasteiger partial charge is 0.390 e. The summed E-state index contributed by atoms with van der Waals surface area (Å²) in [6.45, 7) is 1.81. The molecule has 0 aliphatic carbocycles. The van der Waals surface area contributed by atoms with E-state index in [1.54, 1.807) is 0 Å². The zero-order chi connectivity index (χ0) is 10.6. The standard InChI is InChI=1S/C9H15N3O2/c1-2-3-4-7-11-6(5-13)8(12-7)9(10)14/h13H,2-5H2,1H3,(H2,10,14)(H,11,12). The third kappa shape index (κ3) is 2.32. The summed E-state index contributed by atoms with van der Waals surface area (Å²) in [5, 5.41) is 8.92. The smallest absolute Gasteiger partial charge is 0.267 e. The summed E-state index contributed by atoms with van der Waals surface area (Å²) < 4.78 is 0. The Kier molecular flexibility index (Phi) is 3.64. The van der Waals surface area contributed by atoms with Gasteiger partial charge in [-0.2, -0.15) is 0 Å². The second-order valence-electron chi connectivity index (χ2n) is 3.13.